The summed E-state index contributed by atoms with van der Waals surface area (Å²) in [6, 6.07) is 14.5. The maximum Gasteiger partial charge on any atom is 0.346 e. The summed E-state index contributed by atoms with van der Waals surface area (Å²) in [6.07, 6.45) is 0. The molecule has 7 nitrogen and oxygen atoms in total. The van der Waals surface area contributed by atoms with Crippen LogP contribution >= 0.6 is 11.3 Å². The highest BCUT2D eigenvalue weighted by Crippen LogP contribution is 2.32. The molecule has 2 aromatic carbocycles. The van der Waals surface area contributed by atoms with Crippen molar-refractivity contribution in [3.8, 4) is 22.1 Å². The molecule has 4 rings (SSSR count). The van der Waals surface area contributed by atoms with E-state index in [0.29, 0.717) is 32.8 Å². The van der Waals surface area contributed by atoms with Crippen LogP contribution in [-0.4, -0.2) is 24.4 Å². The van der Waals surface area contributed by atoms with E-state index in [-0.39, 0.29) is 0 Å². The van der Waals surface area contributed by atoms with Crippen molar-refractivity contribution in [2.24, 2.45) is 0 Å². The van der Waals surface area contributed by atoms with Gasteiger partial charge in [0.2, 0.25) is 5.13 Å². The van der Waals surface area contributed by atoms with Crippen molar-refractivity contribution >= 4 is 33.1 Å². The van der Waals surface area contributed by atoms with Gasteiger partial charge >= 0.3 is 5.63 Å². The fraction of sp³-hybridized carbons (Fsp3) is 0.105. The zero-order valence-electron chi connectivity index (χ0n) is 14.6. The van der Waals surface area contributed by atoms with E-state index < -0.39 is 5.63 Å². The van der Waals surface area contributed by atoms with Gasteiger partial charge in [0, 0.05) is 11.5 Å². The molecule has 0 aliphatic carbocycles. The Hall–Kier alpha value is -3.39. The summed E-state index contributed by atoms with van der Waals surface area (Å²) in [4.78, 5) is 12.4. The quantitative estimate of drug-likeness (QED) is 0.521. The third-order valence-corrected chi connectivity index (χ3v) is 4.82. The van der Waals surface area contributed by atoms with Gasteiger partial charge in [-0.25, -0.2) is 4.79 Å². The monoisotopic (exact) mass is 381 g/mol. The molecule has 0 amide bonds. The van der Waals surface area contributed by atoms with Crippen molar-refractivity contribution in [3.05, 3.63) is 59.0 Å². The van der Waals surface area contributed by atoms with Gasteiger partial charge in [0.15, 0.2) is 5.01 Å². The standard InChI is InChI=1S/C19H15N3O4S/c1-24-12-8-7-11-9-13(18(23)26-16(11)10-12)17-21-22-19(27-17)20-14-5-3-4-6-15(14)25-2/h3-10H,1-2H3,(H,20,22). The number of nitrogens with zero attached hydrogens (tertiary/aromatic N) is 2. The Kier molecular flexibility index (Phi) is 4.47. The van der Waals surface area contributed by atoms with Gasteiger partial charge in [0.25, 0.3) is 0 Å². The number of nitrogens with one attached hydrogen (secondary N) is 1. The van der Waals surface area contributed by atoms with E-state index in [2.05, 4.69) is 15.5 Å². The first-order valence-corrected chi connectivity index (χ1v) is 8.85. The summed E-state index contributed by atoms with van der Waals surface area (Å²) >= 11 is 1.26. The molecule has 0 atom stereocenters. The van der Waals surface area contributed by atoms with Crippen LogP contribution in [0, 0.1) is 0 Å². The molecule has 27 heavy (non-hydrogen) atoms. The minimum Gasteiger partial charge on any atom is -0.497 e. The third kappa shape index (κ3) is 3.34. The van der Waals surface area contributed by atoms with Crippen LogP contribution in [-0.2, 0) is 0 Å². The molecule has 0 aliphatic heterocycles. The van der Waals surface area contributed by atoms with E-state index in [4.69, 9.17) is 13.9 Å². The summed E-state index contributed by atoms with van der Waals surface area (Å²) in [5.74, 6) is 1.31. The van der Waals surface area contributed by atoms with Crippen molar-refractivity contribution in [2.45, 2.75) is 0 Å². The van der Waals surface area contributed by atoms with Gasteiger partial charge in [-0.2, -0.15) is 0 Å². The minimum absolute atomic E-state index is 0.359. The number of methoxy groups -OCH3 is 2. The lowest BCUT2D eigenvalue weighted by Gasteiger charge is -2.07. The van der Waals surface area contributed by atoms with Crippen LogP contribution in [0.15, 0.2) is 57.7 Å². The summed E-state index contributed by atoms with van der Waals surface area (Å²) < 4.78 is 15.9. The van der Waals surface area contributed by atoms with E-state index >= 15 is 0 Å². The van der Waals surface area contributed by atoms with Gasteiger partial charge in [0.05, 0.1) is 25.5 Å². The number of aromatic nitrogens is 2. The average Bonchev–Trinajstić information content (AvgIpc) is 3.15. The SMILES string of the molecule is COc1ccc2cc(-c3nnc(Nc4ccccc4OC)s3)c(=O)oc2c1. The van der Waals surface area contributed by atoms with E-state index in [1.54, 1.807) is 32.4 Å². The van der Waals surface area contributed by atoms with Gasteiger partial charge in [-0.15, -0.1) is 10.2 Å². The van der Waals surface area contributed by atoms with Gasteiger partial charge in [-0.3, -0.25) is 0 Å². The van der Waals surface area contributed by atoms with Crippen LogP contribution < -0.4 is 20.4 Å². The van der Waals surface area contributed by atoms with Gasteiger partial charge < -0.3 is 19.2 Å². The van der Waals surface area contributed by atoms with Crippen molar-refractivity contribution in [1.29, 1.82) is 0 Å². The van der Waals surface area contributed by atoms with Crippen molar-refractivity contribution in [2.75, 3.05) is 19.5 Å². The highest BCUT2D eigenvalue weighted by Gasteiger charge is 2.14. The Morgan fingerprint density at radius 1 is 1.04 bits per heavy atom. The van der Waals surface area contributed by atoms with Crippen molar-refractivity contribution < 1.29 is 13.9 Å². The molecule has 0 saturated carbocycles. The predicted octanol–water partition coefficient (Wildman–Crippen LogP) is 4.07. The number of hydrogen-bond acceptors (Lipinski definition) is 8. The number of ether oxygens (including phenoxy) is 2. The second-order valence-corrected chi connectivity index (χ2v) is 6.57. The first-order chi connectivity index (χ1) is 13.2. The highest BCUT2D eigenvalue weighted by molar-refractivity contribution is 7.18. The lowest BCUT2D eigenvalue weighted by molar-refractivity contribution is 0.414. The molecule has 8 heteroatoms. The fourth-order valence-electron chi connectivity index (χ4n) is 2.61. The van der Waals surface area contributed by atoms with E-state index in [0.717, 1.165) is 11.1 Å². The average molecular weight is 381 g/mol. The number of para-hydroxylation sites is 2. The largest absolute Gasteiger partial charge is 0.497 e. The number of rotatable bonds is 5. The smallest absolute Gasteiger partial charge is 0.346 e. The predicted molar refractivity (Wildman–Crippen MR) is 104 cm³/mol. The van der Waals surface area contributed by atoms with Crippen LogP contribution in [0.1, 0.15) is 0 Å². The number of benzene rings is 2. The molecule has 0 radical (unpaired) electrons. The second-order valence-electron chi connectivity index (χ2n) is 5.59. The Morgan fingerprint density at radius 3 is 2.70 bits per heavy atom. The molecule has 2 heterocycles. The summed E-state index contributed by atoms with van der Waals surface area (Å²) in [5.41, 5.74) is 1.11. The summed E-state index contributed by atoms with van der Waals surface area (Å²) in [5, 5.41) is 13.2. The van der Waals surface area contributed by atoms with Crippen LogP contribution in [0.25, 0.3) is 21.5 Å². The minimum atomic E-state index is -0.476. The molecule has 0 fully saturated rings. The number of hydrogen-bond donors (Lipinski definition) is 1. The van der Waals surface area contributed by atoms with Crippen LogP contribution in [0.4, 0.5) is 10.8 Å². The molecule has 4 aromatic rings. The zero-order valence-corrected chi connectivity index (χ0v) is 15.4. The lowest BCUT2D eigenvalue weighted by atomic mass is 10.2. The zero-order chi connectivity index (χ0) is 18.8. The van der Waals surface area contributed by atoms with E-state index in [9.17, 15) is 4.79 Å². The third-order valence-electron chi connectivity index (χ3n) is 3.95. The molecule has 0 unspecified atom stereocenters. The van der Waals surface area contributed by atoms with Crippen LogP contribution in [0.2, 0.25) is 0 Å². The Balaban J connectivity index is 1.68. The number of anilines is 2. The maximum absolute atomic E-state index is 12.4. The van der Waals surface area contributed by atoms with Crippen LogP contribution in [0.5, 0.6) is 11.5 Å². The van der Waals surface area contributed by atoms with Gasteiger partial charge in [0.1, 0.15) is 17.1 Å². The normalized spacial score (nSPS) is 10.7. The molecule has 1 N–H and O–H groups in total. The summed E-state index contributed by atoms with van der Waals surface area (Å²) in [6.45, 7) is 0. The van der Waals surface area contributed by atoms with Crippen molar-refractivity contribution in [1.82, 2.24) is 10.2 Å². The molecule has 2 aromatic heterocycles. The Morgan fingerprint density at radius 2 is 1.89 bits per heavy atom. The number of fused-ring (bicyclic) bond motifs is 1. The molecule has 0 spiro atoms. The molecule has 0 aliphatic rings. The Labute approximate surface area is 158 Å². The van der Waals surface area contributed by atoms with Gasteiger partial charge in [-0.05, 0) is 30.3 Å². The molecular weight excluding hydrogens is 366 g/mol. The maximum atomic E-state index is 12.4. The van der Waals surface area contributed by atoms with Gasteiger partial charge in [-0.1, -0.05) is 23.5 Å². The summed E-state index contributed by atoms with van der Waals surface area (Å²) in [7, 11) is 3.16. The van der Waals surface area contributed by atoms with E-state index in [1.807, 2.05) is 30.3 Å². The lowest BCUT2D eigenvalue weighted by Crippen LogP contribution is -2.02. The van der Waals surface area contributed by atoms with Crippen LogP contribution in [0.3, 0.4) is 0 Å². The fourth-order valence-corrected chi connectivity index (χ4v) is 3.37. The first-order valence-electron chi connectivity index (χ1n) is 8.04. The van der Waals surface area contributed by atoms with E-state index in [1.165, 1.54) is 11.3 Å². The topological polar surface area (TPSA) is 86.5 Å². The molecular formula is C19H15N3O4S. The second kappa shape index (κ2) is 7.08. The molecule has 0 bridgehead atoms. The Bertz CT molecular complexity index is 1170. The van der Waals surface area contributed by atoms with Crippen molar-refractivity contribution in [3.63, 3.8) is 0 Å². The molecule has 0 saturated heterocycles. The molecule has 136 valence electrons. The highest BCUT2D eigenvalue weighted by atomic mass is 32.1. The first kappa shape index (κ1) is 17.0.